The molecule has 0 radical (unpaired) electrons. The van der Waals surface area contributed by atoms with Crippen LogP contribution in [0.1, 0.15) is 28.4 Å². The van der Waals surface area contributed by atoms with Gasteiger partial charge in [0.15, 0.2) is 0 Å². The number of rotatable bonds is 3. The van der Waals surface area contributed by atoms with Gasteiger partial charge in [-0.1, -0.05) is 27.5 Å². The van der Waals surface area contributed by atoms with Crippen molar-refractivity contribution in [2.45, 2.75) is 12.3 Å². The number of hydrogen-bond donors (Lipinski definition) is 0. The molecule has 1 rings (SSSR count). The number of benzene rings is 1. The smallest absolute Gasteiger partial charge is 0.338 e. The lowest BCUT2D eigenvalue weighted by Crippen LogP contribution is -2.08. The highest BCUT2D eigenvalue weighted by Crippen LogP contribution is 2.23. The van der Waals surface area contributed by atoms with Gasteiger partial charge >= 0.3 is 5.97 Å². The molecule has 0 spiro atoms. The van der Waals surface area contributed by atoms with Gasteiger partial charge in [-0.3, -0.25) is 0 Å². The van der Waals surface area contributed by atoms with Gasteiger partial charge in [-0.2, -0.15) is 5.26 Å². The first-order chi connectivity index (χ1) is 7.63. The van der Waals surface area contributed by atoms with Crippen molar-refractivity contribution in [1.82, 2.24) is 0 Å². The van der Waals surface area contributed by atoms with E-state index in [0.717, 1.165) is 0 Å². The summed E-state index contributed by atoms with van der Waals surface area (Å²) in [5, 5.41) is 9.64. The zero-order valence-corrected chi connectivity index (χ0v) is 10.9. The van der Waals surface area contributed by atoms with E-state index in [0.29, 0.717) is 28.1 Å². The molecule has 0 fully saturated rings. The second-order valence-electron chi connectivity index (χ2n) is 2.96. The summed E-state index contributed by atoms with van der Waals surface area (Å²) >= 11 is 9.13. The van der Waals surface area contributed by atoms with Gasteiger partial charge in [0.05, 0.1) is 22.8 Å². The molecule has 0 aliphatic rings. The van der Waals surface area contributed by atoms with Crippen LogP contribution < -0.4 is 0 Å². The molecular formula is C11H9BrClNO2. The third kappa shape index (κ3) is 2.75. The van der Waals surface area contributed by atoms with Crippen LogP contribution in [-0.4, -0.2) is 12.6 Å². The highest BCUT2D eigenvalue weighted by Gasteiger charge is 2.15. The Labute approximate surface area is 107 Å². The molecule has 1 aromatic rings. The summed E-state index contributed by atoms with van der Waals surface area (Å²) in [5.74, 6) is -0.440. The Kier molecular flexibility index (Phi) is 4.78. The van der Waals surface area contributed by atoms with E-state index in [1.165, 1.54) is 6.07 Å². The average molecular weight is 303 g/mol. The lowest BCUT2D eigenvalue weighted by Gasteiger charge is -2.08. The van der Waals surface area contributed by atoms with Gasteiger partial charge in [-0.05, 0) is 24.6 Å². The molecule has 16 heavy (non-hydrogen) atoms. The first kappa shape index (κ1) is 13.0. The van der Waals surface area contributed by atoms with Gasteiger partial charge in [0.2, 0.25) is 0 Å². The Morgan fingerprint density at radius 2 is 2.31 bits per heavy atom. The molecule has 0 atom stereocenters. The highest BCUT2D eigenvalue weighted by molar-refractivity contribution is 9.08. The first-order valence-corrected chi connectivity index (χ1v) is 6.09. The third-order valence-electron chi connectivity index (χ3n) is 1.95. The molecular weight excluding hydrogens is 293 g/mol. The Bertz CT molecular complexity index is 454. The van der Waals surface area contributed by atoms with Crippen LogP contribution in [0.15, 0.2) is 12.1 Å². The largest absolute Gasteiger partial charge is 0.462 e. The van der Waals surface area contributed by atoms with Crippen molar-refractivity contribution in [2.75, 3.05) is 6.61 Å². The van der Waals surface area contributed by atoms with Crippen LogP contribution in [0.3, 0.4) is 0 Å². The number of nitrogens with zero attached hydrogens (tertiary/aromatic N) is 1. The van der Waals surface area contributed by atoms with Crippen molar-refractivity contribution in [2.24, 2.45) is 0 Å². The summed E-state index contributed by atoms with van der Waals surface area (Å²) in [6.45, 7) is 2.03. The Balaban J connectivity index is 3.26. The predicted molar refractivity (Wildman–Crippen MR) is 64.8 cm³/mol. The molecule has 0 saturated heterocycles. The Morgan fingerprint density at radius 1 is 1.62 bits per heavy atom. The van der Waals surface area contributed by atoms with Crippen molar-refractivity contribution in [1.29, 1.82) is 5.26 Å². The van der Waals surface area contributed by atoms with Crippen molar-refractivity contribution in [3.05, 3.63) is 33.8 Å². The standard InChI is InChI=1S/C11H9BrClNO2/c1-2-16-11(15)9-3-8(6-14)10(13)4-7(9)5-12/h3-4H,2,5H2,1H3. The summed E-state index contributed by atoms with van der Waals surface area (Å²) in [6, 6.07) is 4.98. The van der Waals surface area contributed by atoms with Crippen molar-refractivity contribution in [3.8, 4) is 6.07 Å². The van der Waals surface area contributed by atoms with E-state index in [4.69, 9.17) is 21.6 Å². The third-order valence-corrected chi connectivity index (χ3v) is 2.87. The maximum absolute atomic E-state index is 11.6. The van der Waals surface area contributed by atoms with Gasteiger partial charge in [-0.15, -0.1) is 0 Å². The van der Waals surface area contributed by atoms with Crippen LogP contribution in [0, 0.1) is 11.3 Å². The Morgan fingerprint density at radius 3 is 2.81 bits per heavy atom. The van der Waals surface area contributed by atoms with Crippen LogP contribution in [0.5, 0.6) is 0 Å². The lowest BCUT2D eigenvalue weighted by molar-refractivity contribution is 0.0525. The van der Waals surface area contributed by atoms with Crippen LogP contribution >= 0.6 is 27.5 Å². The van der Waals surface area contributed by atoms with Crippen molar-refractivity contribution in [3.63, 3.8) is 0 Å². The van der Waals surface area contributed by atoms with Gasteiger partial charge < -0.3 is 4.74 Å². The van der Waals surface area contributed by atoms with Crippen LogP contribution in [-0.2, 0) is 10.1 Å². The quantitative estimate of drug-likeness (QED) is 0.636. The first-order valence-electron chi connectivity index (χ1n) is 4.59. The van der Waals surface area contributed by atoms with Crippen LogP contribution in [0.4, 0.5) is 0 Å². The van der Waals surface area contributed by atoms with Crippen LogP contribution in [0.25, 0.3) is 0 Å². The number of carbonyl (C=O) groups excluding carboxylic acids is 1. The molecule has 3 nitrogen and oxygen atoms in total. The molecule has 0 aliphatic carbocycles. The number of alkyl halides is 1. The van der Waals surface area contributed by atoms with E-state index in [1.807, 2.05) is 6.07 Å². The highest BCUT2D eigenvalue weighted by atomic mass is 79.9. The molecule has 0 amide bonds. The predicted octanol–water partition coefficient (Wildman–Crippen LogP) is 3.28. The zero-order chi connectivity index (χ0) is 12.1. The minimum atomic E-state index is -0.440. The van der Waals surface area contributed by atoms with E-state index in [-0.39, 0.29) is 5.56 Å². The Hall–Kier alpha value is -1.05. The van der Waals surface area contributed by atoms with E-state index < -0.39 is 5.97 Å². The number of halogens is 2. The molecule has 0 bridgehead atoms. The molecule has 5 heteroatoms. The summed E-state index contributed by atoms with van der Waals surface area (Å²) in [6.07, 6.45) is 0. The van der Waals surface area contributed by atoms with E-state index in [1.54, 1.807) is 13.0 Å². The van der Waals surface area contributed by atoms with E-state index in [2.05, 4.69) is 15.9 Å². The monoisotopic (exact) mass is 301 g/mol. The second kappa shape index (κ2) is 5.88. The molecule has 0 heterocycles. The summed E-state index contributed by atoms with van der Waals surface area (Å²) in [5.41, 5.74) is 1.36. The lowest BCUT2D eigenvalue weighted by atomic mass is 10.1. The molecule has 0 saturated carbocycles. The van der Waals surface area contributed by atoms with Gasteiger partial charge in [0, 0.05) is 5.33 Å². The fourth-order valence-corrected chi connectivity index (χ4v) is 1.90. The zero-order valence-electron chi connectivity index (χ0n) is 8.59. The maximum Gasteiger partial charge on any atom is 0.338 e. The number of ether oxygens (including phenoxy) is 1. The normalized spacial score (nSPS) is 9.62. The maximum atomic E-state index is 11.6. The van der Waals surface area contributed by atoms with E-state index in [9.17, 15) is 4.79 Å². The summed E-state index contributed by atoms with van der Waals surface area (Å²) in [7, 11) is 0. The molecule has 0 aromatic heterocycles. The van der Waals surface area contributed by atoms with Gasteiger partial charge in [-0.25, -0.2) is 4.79 Å². The number of hydrogen-bond acceptors (Lipinski definition) is 3. The minimum Gasteiger partial charge on any atom is -0.462 e. The van der Waals surface area contributed by atoms with Gasteiger partial charge in [0.25, 0.3) is 0 Å². The minimum absolute atomic E-state index is 0.273. The second-order valence-corrected chi connectivity index (χ2v) is 3.92. The SMILES string of the molecule is CCOC(=O)c1cc(C#N)c(Cl)cc1CBr. The molecule has 0 N–H and O–H groups in total. The molecule has 0 unspecified atom stereocenters. The fraction of sp³-hybridized carbons (Fsp3) is 0.273. The van der Waals surface area contributed by atoms with E-state index >= 15 is 0 Å². The molecule has 1 aromatic carbocycles. The molecule has 84 valence electrons. The average Bonchev–Trinajstić information content (AvgIpc) is 2.28. The summed E-state index contributed by atoms with van der Waals surface area (Å²) < 4.78 is 4.90. The number of esters is 1. The van der Waals surface area contributed by atoms with Crippen molar-refractivity contribution >= 4 is 33.5 Å². The summed E-state index contributed by atoms with van der Waals surface area (Å²) in [4.78, 5) is 11.6. The fourth-order valence-electron chi connectivity index (χ4n) is 1.21. The number of nitriles is 1. The van der Waals surface area contributed by atoms with Crippen molar-refractivity contribution < 1.29 is 9.53 Å². The van der Waals surface area contributed by atoms with Crippen LogP contribution in [0.2, 0.25) is 5.02 Å². The molecule has 0 aliphatic heterocycles. The van der Waals surface area contributed by atoms with Gasteiger partial charge in [0.1, 0.15) is 6.07 Å². The number of carbonyl (C=O) groups is 1. The topological polar surface area (TPSA) is 50.1 Å².